The maximum atomic E-state index is 13.6. The van der Waals surface area contributed by atoms with E-state index in [9.17, 15) is 28.1 Å². The molecule has 0 fully saturated rings. The number of nitro groups is 1. The van der Waals surface area contributed by atoms with E-state index in [1.54, 1.807) is 0 Å². The zero-order chi connectivity index (χ0) is 15.3. The number of hydrogen-bond acceptors (Lipinski definition) is 5. The second kappa shape index (κ2) is 4.27. The number of non-ortho nitro benzene ring substituents is 1. The van der Waals surface area contributed by atoms with Gasteiger partial charge in [0.1, 0.15) is 11.2 Å². The van der Waals surface area contributed by atoms with Crippen molar-refractivity contribution in [2.45, 2.75) is 0 Å². The summed E-state index contributed by atoms with van der Waals surface area (Å²) >= 11 is 0. The van der Waals surface area contributed by atoms with E-state index in [4.69, 9.17) is 4.42 Å². The molecule has 0 radical (unpaired) electrons. The normalized spacial score (nSPS) is 11.2. The third kappa shape index (κ3) is 1.82. The maximum Gasteiger partial charge on any atom is 0.273 e. The molecule has 0 aromatic heterocycles. The molecular formula is C12H3F3N2O4. The number of fused-ring (bicyclic) bond motifs is 2. The molecule has 0 bridgehead atoms. The standard InChI is InChI=1S/C12H3F3N2O4/c13-7-8(14)11(18)9(15)12-10(7)16-5-2-1-4(17(19)20)3-6(5)21-12/h1-3H. The van der Waals surface area contributed by atoms with Gasteiger partial charge in [0.2, 0.25) is 11.6 Å². The van der Waals surface area contributed by atoms with Crippen LogP contribution in [0.25, 0.3) is 22.6 Å². The molecule has 0 atom stereocenters. The van der Waals surface area contributed by atoms with Crippen molar-refractivity contribution in [3.8, 4) is 11.5 Å². The first kappa shape index (κ1) is 13.0. The molecule has 21 heavy (non-hydrogen) atoms. The highest BCUT2D eigenvalue weighted by Gasteiger charge is 2.27. The van der Waals surface area contributed by atoms with Crippen LogP contribution in [0, 0.1) is 27.6 Å². The van der Waals surface area contributed by atoms with Crippen molar-refractivity contribution < 1.29 is 22.5 Å². The number of nitrogens with zero attached hydrogens (tertiary/aromatic N) is 2. The van der Waals surface area contributed by atoms with Gasteiger partial charge in [-0.1, -0.05) is 0 Å². The Morgan fingerprint density at radius 3 is 2.52 bits per heavy atom. The zero-order valence-corrected chi connectivity index (χ0v) is 9.89. The third-order valence-corrected chi connectivity index (χ3v) is 2.81. The second-order valence-electron chi connectivity index (χ2n) is 4.07. The quantitative estimate of drug-likeness (QED) is 0.298. The van der Waals surface area contributed by atoms with Crippen LogP contribution in [0.4, 0.5) is 18.9 Å². The molecule has 6 nitrogen and oxygen atoms in total. The average Bonchev–Trinajstić information content (AvgIpc) is 2.48. The molecular weight excluding hydrogens is 293 g/mol. The number of aromatic nitrogens is 1. The van der Waals surface area contributed by atoms with Gasteiger partial charge in [0.25, 0.3) is 11.1 Å². The number of halogens is 3. The van der Waals surface area contributed by atoms with Crippen molar-refractivity contribution in [2.24, 2.45) is 0 Å². The Balaban J connectivity index is 2.47. The number of rotatable bonds is 1. The molecule has 0 saturated heterocycles. The minimum atomic E-state index is -1.90. The van der Waals surface area contributed by atoms with Crippen molar-refractivity contribution in [3.63, 3.8) is 0 Å². The third-order valence-electron chi connectivity index (χ3n) is 2.81. The molecule has 0 saturated carbocycles. The van der Waals surface area contributed by atoms with E-state index >= 15 is 0 Å². The van der Waals surface area contributed by atoms with Gasteiger partial charge in [-0.3, -0.25) is 14.9 Å². The Labute approximate surface area is 112 Å². The molecule has 0 spiro atoms. The topological polar surface area (TPSA) is 86.2 Å². The van der Waals surface area contributed by atoms with Crippen LogP contribution in [0.1, 0.15) is 0 Å². The highest BCUT2D eigenvalue weighted by atomic mass is 19.2. The molecule has 2 aliphatic rings. The Kier molecular flexibility index (Phi) is 2.65. The summed E-state index contributed by atoms with van der Waals surface area (Å²) in [4.78, 5) is 24.7. The summed E-state index contributed by atoms with van der Waals surface area (Å²) in [5, 5.41) is 10.6. The first-order valence-corrected chi connectivity index (χ1v) is 5.45. The fraction of sp³-hybridized carbons (Fsp3) is 0. The molecule has 1 aromatic carbocycles. The lowest BCUT2D eigenvalue weighted by Gasteiger charge is -2.08. The monoisotopic (exact) mass is 296 g/mol. The largest absolute Gasteiger partial charge is 0.449 e. The highest BCUT2D eigenvalue weighted by Crippen LogP contribution is 2.30. The maximum absolute atomic E-state index is 13.6. The lowest BCUT2D eigenvalue weighted by Crippen LogP contribution is -2.17. The van der Waals surface area contributed by atoms with E-state index in [2.05, 4.69) is 4.98 Å². The first-order valence-electron chi connectivity index (χ1n) is 5.45. The minimum Gasteiger partial charge on any atom is -0.449 e. The van der Waals surface area contributed by atoms with Crippen LogP contribution in [-0.4, -0.2) is 9.91 Å². The van der Waals surface area contributed by atoms with Crippen LogP contribution in [0.2, 0.25) is 0 Å². The Morgan fingerprint density at radius 1 is 1.14 bits per heavy atom. The number of hydrogen-bond donors (Lipinski definition) is 0. The van der Waals surface area contributed by atoms with E-state index in [0.717, 1.165) is 18.2 Å². The van der Waals surface area contributed by atoms with E-state index in [1.165, 1.54) is 0 Å². The molecule has 1 heterocycles. The molecule has 0 N–H and O–H groups in total. The smallest absolute Gasteiger partial charge is 0.273 e. The lowest BCUT2D eigenvalue weighted by atomic mass is 10.2. The predicted octanol–water partition coefficient (Wildman–Crippen LogP) is 2.62. The molecule has 9 heteroatoms. The van der Waals surface area contributed by atoms with Crippen LogP contribution >= 0.6 is 0 Å². The van der Waals surface area contributed by atoms with Crippen LogP contribution in [0.5, 0.6) is 0 Å². The molecule has 1 aliphatic carbocycles. The van der Waals surface area contributed by atoms with Gasteiger partial charge in [-0.15, -0.1) is 0 Å². The van der Waals surface area contributed by atoms with Crippen LogP contribution in [-0.2, 0) is 0 Å². The Hall–Kier alpha value is -2.97. The van der Waals surface area contributed by atoms with Gasteiger partial charge >= 0.3 is 0 Å². The van der Waals surface area contributed by atoms with Crippen LogP contribution in [0.15, 0.2) is 27.4 Å². The Bertz CT molecular complexity index is 938. The van der Waals surface area contributed by atoms with Crippen molar-refractivity contribution in [1.82, 2.24) is 4.98 Å². The SMILES string of the molecule is O=c1c(F)c2oc3cc([N+](=O)[O-])ccc3nc-2c(F)c1F. The van der Waals surface area contributed by atoms with Gasteiger partial charge in [-0.2, -0.15) is 8.78 Å². The summed E-state index contributed by atoms with van der Waals surface area (Å²) in [6, 6.07) is 3.15. The summed E-state index contributed by atoms with van der Waals surface area (Å²) in [6.07, 6.45) is 0. The van der Waals surface area contributed by atoms with Gasteiger partial charge in [0.05, 0.1) is 11.0 Å². The van der Waals surface area contributed by atoms with E-state index in [0.29, 0.717) is 0 Å². The molecule has 0 amide bonds. The first-order chi connectivity index (χ1) is 9.90. The number of benzene rings is 2. The Morgan fingerprint density at radius 2 is 1.86 bits per heavy atom. The molecule has 1 aromatic rings. The fourth-order valence-corrected chi connectivity index (χ4v) is 1.82. The summed E-state index contributed by atoms with van der Waals surface area (Å²) in [7, 11) is 0. The summed E-state index contributed by atoms with van der Waals surface area (Å²) in [5.74, 6) is -6.08. The number of nitro benzene ring substituents is 1. The lowest BCUT2D eigenvalue weighted by molar-refractivity contribution is -0.384. The zero-order valence-electron chi connectivity index (χ0n) is 9.89. The van der Waals surface area contributed by atoms with Crippen molar-refractivity contribution >= 4 is 16.8 Å². The minimum absolute atomic E-state index is 0.0514. The van der Waals surface area contributed by atoms with Crippen LogP contribution in [0.3, 0.4) is 0 Å². The van der Waals surface area contributed by atoms with E-state index in [1.807, 2.05) is 0 Å². The van der Waals surface area contributed by atoms with Gasteiger partial charge in [-0.05, 0) is 6.07 Å². The van der Waals surface area contributed by atoms with Crippen molar-refractivity contribution in [2.75, 3.05) is 0 Å². The van der Waals surface area contributed by atoms with E-state index in [-0.39, 0.29) is 16.8 Å². The summed E-state index contributed by atoms with van der Waals surface area (Å²) in [5.41, 5.74) is -3.25. The second-order valence-corrected chi connectivity index (χ2v) is 4.07. The average molecular weight is 296 g/mol. The van der Waals surface area contributed by atoms with Crippen molar-refractivity contribution in [1.29, 1.82) is 0 Å². The summed E-state index contributed by atoms with van der Waals surface area (Å²) in [6.45, 7) is 0. The van der Waals surface area contributed by atoms with Gasteiger partial charge < -0.3 is 4.42 Å². The molecule has 0 unspecified atom stereocenters. The van der Waals surface area contributed by atoms with Gasteiger partial charge in [0, 0.05) is 6.07 Å². The summed E-state index contributed by atoms with van der Waals surface area (Å²) < 4.78 is 45.4. The predicted molar refractivity (Wildman–Crippen MR) is 63.4 cm³/mol. The highest BCUT2D eigenvalue weighted by molar-refractivity contribution is 5.78. The molecule has 3 rings (SSSR count). The molecule has 1 aliphatic heterocycles. The van der Waals surface area contributed by atoms with Crippen molar-refractivity contribution in [3.05, 3.63) is 56.0 Å². The molecule has 106 valence electrons. The fourth-order valence-electron chi connectivity index (χ4n) is 1.82. The van der Waals surface area contributed by atoms with Gasteiger partial charge in [-0.25, -0.2) is 9.37 Å². The van der Waals surface area contributed by atoms with E-state index < -0.39 is 39.3 Å². The van der Waals surface area contributed by atoms with Crippen LogP contribution < -0.4 is 5.43 Å². The van der Waals surface area contributed by atoms with Gasteiger partial charge in [0.15, 0.2) is 17.2 Å².